The molecule has 0 unspecified atom stereocenters. The molecule has 0 N–H and O–H groups in total. The zero-order valence-corrected chi connectivity index (χ0v) is 10.2. The first-order valence-electron chi connectivity index (χ1n) is 4.64. The van der Waals surface area contributed by atoms with Gasteiger partial charge in [0, 0.05) is 11.9 Å². The molecule has 4 nitrogen and oxygen atoms in total. The summed E-state index contributed by atoms with van der Waals surface area (Å²) in [5.41, 5.74) is 0.117. The monoisotopic (exact) mass is 239 g/mol. The molecule has 0 aliphatic heterocycles. The number of likely N-dealkylation sites (N-methyl/N-ethyl adjacent to an activating group) is 1. The second-order valence-electron chi connectivity index (χ2n) is 3.11. The largest absolute Gasteiger partial charge is 0.294 e. The molecule has 0 bridgehead atoms. The Morgan fingerprint density at radius 2 is 2.19 bits per heavy atom. The Kier molecular flexibility index (Phi) is 4.39. The summed E-state index contributed by atoms with van der Waals surface area (Å²) in [5, 5.41) is 2.91. The predicted octanol–water partition coefficient (Wildman–Crippen LogP) is 1.74. The summed E-state index contributed by atoms with van der Waals surface area (Å²) < 4.78 is 0. The molecule has 0 fully saturated rings. The molecule has 0 aliphatic rings. The van der Waals surface area contributed by atoms with Gasteiger partial charge in [-0.05, 0) is 24.4 Å². The first kappa shape index (κ1) is 12.6. The SMILES string of the molecule is CON(C)C(=O)/C(=C\c1cccs1)C(C)=O. The fourth-order valence-electron chi connectivity index (χ4n) is 1.08. The Bertz CT molecular complexity index is 409. The van der Waals surface area contributed by atoms with Crippen LogP contribution < -0.4 is 0 Å². The molecule has 0 saturated carbocycles. The van der Waals surface area contributed by atoms with Crippen molar-refractivity contribution in [1.29, 1.82) is 0 Å². The van der Waals surface area contributed by atoms with Crippen molar-refractivity contribution >= 4 is 29.1 Å². The van der Waals surface area contributed by atoms with Gasteiger partial charge in [0.2, 0.25) is 0 Å². The van der Waals surface area contributed by atoms with Crippen molar-refractivity contribution in [2.45, 2.75) is 6.92 Å². The number of nitrogens with zero attached hydrogens (tertiary/aromatic N) is 1. The first-order valence-corrected chi connectivity index (χ1v) is 5.52. The number of Topliss-reactive ketones (excluding diaryl/α,β-unsaturated/α-hetero) is 1. The summed E-state index contributed by atoms with van der Waals surface area (Å²) in [6.45, 7) is 1.36. The van der Waals surface area contributed by atoms with Crippen LogP contribution in [0.3, 0.4) is 0 Å². The molecule has 1 aromatic heterocycles. The molecular formula is C11H13NO3S. The topological polar surface area (TPSA) is 46.6 Å². The molecule has 0 spiro atoms. The summed E-state index contributed by atoms with van der Waals surface area (Å²) in [6.07, 6.45) is 1.57. The van der Waals surface area contributed by atoms with Crippen LogP contribution in [0.2, 0.25) is 0 Å². The van der Waals surface area contributed by atoms with Crippen LogP contribution in [0, 0.1) is 0 Å². The number of amides is 1. The van der Waals surface area contributed by atoms with Crippen LogP contribution in [0.1, 0.15) is 11.8 Å². The molecule has 86 valence electrons. The molecule has 0 aromatic carbocycles. The smallest absolute Gasteiger partial charge is 0.280 e. The van der Waals surface area contributed by atoms with Crippen molar-refractivity contribution in [2.75, 3.05) is 14.2 Å². The molecule has 0 radical (unpaired) electrons. The van der Waals surface area contributed by atoms with E-state index in [1.165, 1.54) is 32.4 Å². The van der Waals surface area contributed by atoms with Gasteiger partial charge in [0.05, 0.1) is 12.7 Å². The summed E-state index contributed by atoms with van der Waals surface area (Å²) in [4.78, 5) is 28.7. The zero-order valence-electron chi connectivity index (χ0n) is 9.39. The van der Waals surface area contributed by atoms with Gasteiger partial charge in [0.25, 0.3) is 5.91 Å². The van der Waals surface area contributed by atoms with Crippen molar-refractivity contribution in [3.63, 3.8) is 0 Å². The predicted molar refractivity (Wildman–Crippen MR) is 62.8 cm³/mol. The molecule has 5 heteroatoms. The lowest BCUT2D eigenvalue weighted by Crippen LogP contribution is -2.29. The van der Waals surface area contributed by atoms with Crippen molar-refractivity contribution in [1.82, 2.24) is 5.06 Å². The number of rotatable bonds is 4. The lowest BCUT2D eigenvalue weighted by molar-refractivity contribution is -0.164. The Morgan fingerprint density at radius 3 is 2.62 bits per heavy atom. The van der Waals surface area contributed by atoms with Crippen LogP contribution in [-0.2, 0) is 14.4 Å². The highest BCUT2D eigenvalue weighted by atomic mass is 32.1. The van der Waals surface area contributed by atoms with E-state index in [9.17, 15) is 9.59 Å². The quantitative estimate of drug-likeness (QED) is 0.348. The van der Waals surface area contributed by atoms with Crippen molar-refractivity contribution in [2.24, 2.45) is 0 Å². The van der Waals surface area contributed by atoms with Gasteiger partial charge in [-0.1, -0.05) is 6.07 Å². The minimum absolute atomic E-state index is 0.117. The van der Waals surface area contributed by atoms with Crippen LogP contribution >= 0.6 is 11.3 Å². The van der Waals surface area contributed by atoms with Crippen molar-refractivity contribution in [3.8, 4) is 0 Å². The van der Waals surface area contributed by atoms with Gasteiger partial charge in [0.15, 0.2) is 5.78 Å². The third kappa shape index (κ3) is 3.01. The molecule has 1 rings (SSSR count). The van der Waals surface area contributed by atoms with Gasteiger partial charge in [0.1, 0.15) is 0 Å². The summed E-state index contributed by atoms with van der Waals surface area (Å²) >= 11 is 1.47. The fraction of sp³-hybridized carbons (Fsp3) is 0.273. The van der Waals surface area contributed by atoms with Crippen molar-refractivity contribution in [3.05, 3.63) is 28.0 Å². The van der Waals surface area contributed by atoms with Crippen LogP contribution in [0.15, 0.2) is 23.1 Å². The number of hydrogen-bond donors (Lipinski definition) is 0. The number of carbonyl (C=O) groups excluding carboxylic acids is 2. The van der Waals surface area contributed by atoms with E-state index in [4.69, 9.17) is 4.84 Å². The molecule has 1 aromatic rings. The van der Waals surface area contributed by atoms with Crippen molar-refractivity contribution < 1.29 is 14.4 Å². The second-order valence-corrected chi connectivity index (χ2v) is 4.09. The van der Waals surface area contributed by atoms with Gasteiger partial charge in [-0.2, -0.15) is 0 Å². The van der Waals surface area contributed by atoms with E-state index in [1.807, 2.05) is 17.5 Å². The van der Waals surface area contributed by atoms with Gasteiger partial charge >= 0.3 is 0 Å². The van der Waals surface area contributed by atoms with E-state index in [-0.39, 0.29) is 11.4 Å². The Morgan fingerprint density at radius 1 is 1.50 bits per heavy atom. The highest BCUT2D eigenvalue weighted by molar-refractivity contribution is 7.10. The number of thiophene rings is 1. The van der Waals surface area contributed by atoms with E-state index < -0.39 is 5.91 Å². The third-order valence-corrected chi connectivity index (χ3v) is 2.82. The summed E-state index contributed by atoms with van der Waals surface area (Å²) in [7, 11) is 2.84. The Balaban J connectivity index is 3.01. The minimum Gasteiger partial charge on any atom is -0.294 e. The maximum absolute atomic E-state index is 11.8. The highest BCUT2D eigenvalue weighted by Crippen LogP contribution is 2.15. The lowest BCUT2D eigenvalue weighted by atomic mass is 10.1. The lowest BCUT2D eigenvalue weighted by Gasteiger charge is -2.14. The van der Waals surface area contributed by atoms with E-state index in [0.717, 1.165) is 9.94 Å². The highest BCUT2D eigenvalue weighted by Gasteiger charge is 2.18. The maximum Gasteiger partial charge on any atom is 0.280 e. The number of hydroxylamine groups is 2. The van der Waals surface area contributed by atoms with E-state index in [1.54, 1.807) is 6.08 Å². The molecule has 16 heavy (non-hydrogen) atoms. The second kappa shape index (κ2) is 5.58. The van der Waals surface area contributed by atoms with Gasteiger partial charge in [-0.15, -0.1) is 11.3 Å². The van der Waals surface area contributed by atoms with Crippen LogP contribution in [0.4, 0.5) is 0 Å². The Hall–Kier alpha value is -1.46. The first-order chi connectivity index (χ1) is 7.56. The van der Waals surface area contributed by atoms with E-state index in [0.29, 0.717) is 0 Å². The molecule has 0 aliphatic carbocycles. The van der Waals surface area contributed by atoms with Crippen LogP contribution in [0.25, 0.3) is 6.08 Å². The number of ketones is 1. The molecule has 0 atom stereocenters. The minimum atomic E-state index is -0.441. The third-order valence-electron chi connectivity index (χ3n) is 2.00. The fourth-order valence-corrected chi connectivity index (χ4v) is 1.74. The van der Waals surface area contributed by atoms with E-state index in [2.05, 4.69) is 0 Å². The average Bonchev–Trinajstić information content (AvgIpc) is 2.76. The Labute approximate surface area is 98.1 Å². The number of hydrogen-bond acceptors (Lipinski definition) is 4. The van der Waals surface area contributed by atoms with E-state index >= 15 is 0 Å². The average molecular weight is 239 g/mol. The molecular weight excluding hydrogens is 226 g/mol. The maximum atomic E-state index is 11.8. The standard InChI is InChI=1S/C11H13NO3S/c1-8(13)10(11(14)12(2)15-3)7-9-5-4-6-16-9/h4-7H,1-3H3/b10-7-. The van der Waals surface area contributed by atoms with Gasteiger partial charge in [-0.3, -0.25) is 14.4 Å². The summed E-state index contributed by atoms with van der Waals surface area (Å²) in [6, 6.07) is 3.70. The zero-order chi connectivity index (χ0) is 12.1. The van der Waals surface area contributed by atoms with Gasteiger partial charge in [-0.25, -0.2) is 5.06 Å². The molecule has 0 saturated heterocycles. The normalized spacial score (nSPS) is 11.3. The molecule has 1 heterocycles. The molecule has 1 amide bonds. The number of carbonyl (C=O) groups is 2. The van der Waals surface area contributed by atoms with Crippen LogP contribution in [-0.4, -0.2) is 30.9 Å². The summed E-state index contributed by atoms with van der Waals surface area (Å²) in [5.74, 6) is -0.717. The van der Waals surface area contributed by atoms with Crippen LogP contribution in [0.5, 0.6) is 0 Å². The van der Waals surface area contributed by atoms with Gasteiger partial charge < -0.3 is 0 Å².